The summed E-state index contributed by atoms with van der Waals surface area (Å²) in [6.45, 7) is 1.98. The second-order valence-electron chi connectivity index (χ2n) is 5.80. The number of rotatable bonds is 4. The van der Waals surface area contributed by atoms with Crippen LogP contribution in [0, 0.1) is 11.6 Å². The molecule has 0 radical (unpaired) electrons. The first kappa shape index (κ1) is 17.0. The lowest BCUT2D eigenvalue weighted by Crippen LogP contribution is -2.19. The van der Waals surface area contributed by atoms with Gasteiger partial charge in [0.25, 0.3) is 5.91 Å². The highest BCUT2D eigenvalue weighted by Gasteiger charge is 2.27. The van der Waals surface area contributed by atoms with Crippen LogP contribution in [0.3, 0.4) is 0 Å². The number of nitrogens with two attached hydrogens (primary N) is 1. The summed E-state index contributed by atoms with van der Waals surface area (Å²) in [7, 11) is 1.38. The zero-order valence-electron chi connectivity index (χ0n) is 13.9. The van der Waals surface area contributed by atoms with Crippen molar-refractivity contribution in [1.29, 1.82) is 0 Å². The Bertz CT molecular complexity index is 878. The summed E-state index contributed by atoms with van der Waals surface area (Å²) < 4.78 is 33.6. The van der Waals surface area contributed by atoms with E-state index in [1.165, 1.54) is 25.3 Å². The largest absolute Gasteiger partial charge is 0.494 e. The number of amides is 1. The van der Waals surface area contributed by atoms with Crippen molar-refractivity contribution in [3.05, 3.63) is 59.3 Å². The van der Waals surface area contributed by atoms with Crippen molar-refractivity contribution in [2.45, 2.75) is 19.3 Å². The molecule has 4 nitrogen and oxygen atoms in total. The van der Waals surface area contributed by atoms with Gasteiger partial charge in [-0.05, 0) is 47.5 Å². The predicted octanol–water partition coefficient (Wildman–Crippen LogP) is 4.17. The number of halogens is 2. The number of primary amides is 1. The van der Waals surface area contributed by atoms with E-state index in [1.54, 1.807) is 12.3 Å². The molecule has 130 valence electrons. The van der Waals surface area contributed by atoms with E-state index in [1.807, 2.05) is 13.0 Å². The molecule has 0 saturated carbocycles. The van der Waals surface area contributed by atoms with Crippen molar-refractivity contribution in [3.63, 3.8) is 0 Å². The number of carbonyl (C=O) groups is 1. The maximum atomic E-state index is 14.6. The van der Waals surface area contributed by atoms with Crippen molar-refractivity contribution in [2.75, 3.05) is 12.4 Å². The Hall–Kier alpha value is -2.89. The van der Waals surface area contributed by atoms with Crippen LogP contribution in [0.5, 0.6) is 5.75 Å². The molecule has 3 rings (SSSR count). The third-order valence-corrected chi connectivity index (χ3v) is 4.40. The van der Waals surface area contributed by atoms with E-state index < -0.39 is 17.5 Å². The topological polar surface area (TPSA) is 64.3 Å². The Morgan fingerprint density at radius 1 is 1.28 bits per heavy atom. The Balaban J connectivity index is 2.29. The lowest BCUT2D eigenvalue weighted by atomic mass is 9.84. The fourth-order valence-electron chi connectivity index (χ4n) is 3.20. The standard InChI is InChI=1S/C19H18F2N2O2/c1-3-10-6-7-23-18-16(10)12(9-14(21)17(18)19(22)24)11-4-5-15(25-2)13(20)8-11/h4-10,23H,3H2,1-2H3,(H2,22,24). The summed E-state index contributed by atoms with van der Waals surface area (Å²) in [5.74, 6) is -2.07. The number of ether oxygens (including phenoxy) is 1. The molecule has 2 aromatic carbocycles. The lowest BCUT2D eigenvalue weighted by Gasteiger charge is -2.26. The zero-order valence-corrected chi connectivity index (χ0v) is 13.9. The highest BCUT2D eigenvalue weighted by atomic mass is 19.1. The molecular weight excluding hydrogens is 326 g/mol. The number of allylic oxidation sites excluding steroid dienone is 1. The van der Waals surface area contributed by atoms with Crippen LogP contribution in [0.1, 0.15) is 35.2 Å². The summed E-state index contributed by atoms with van der Waals surface area (Å²) in [6, 6.07) is 5.68. The van der Waals surface area contributed by atoms with Crippen molar-refractivity contribution < 1.29 is 18.3 Å². The number of benzene rings is 2. The number of nitrogens with one attached hydrogen (secondary N) is 1. The van der Waals surface area contributed by atoms with E-state index in [0.717, 1.165) is 12.0 Å². The first-order valence-corrected chi connectivity index (χ1v) is 7.91. The van der Waals surface area contributed by atoms with Gasteiger partial charge in [0, 0.05) is 5.92 Å². The van der Waals surface area contributed by atoms with Crippen LogP contribution in [0.4, 0.5) is 14.5 Å². The Morgan fingerprint density at radius 3 is 2.64 bits per heavy atom. The second-order valence-corrected chi connectivity index (χ2v) is 5.80. The van der Waals surface area contributed by atoms with E-state index in [0.29, 0.717) is 16.8 Å². The SMILES string of the molecule is CCC1C=CNc2c(C(N)=O)c(F)cc(-c3ccc(OC)c(F)c3)c21. The maximum absolute atomic E-state index is 14.6. The van der Waals surface area contributed by atoms with Gasteiger partial charge in [-0.1, -0.05) is 19.1 Å². The summed E-state index contributed by atoms with van der Waals surface area (Å²) >= 11 is 0. The summed E-state index contributed by atoms with van der Waals surface area (Å²) in [5.41, 5.74) is 7.26. The highest BCUT2D eigenvalue weighted by Crippen LogP contribution is 2.43. The third kappa shape index (κ3) is 2.84. The Kier molecular flexibility index (Phi) is 4.44. The van der Waals surface area contributed by atoms with Crippen LogP contribution in [0.2, 0.25) is 0 Å². The highest BCUT2D eigenvalue weighted by molar-refractivity contribution is 6.01. The molecule has 1 atom stereocenters. The Labute approximate surface area is 144 Å². The Morgan fingerprint density at radius 2 is 2.04 bits per heavy atom. The van der Waals surface area contributed by atoms with Crippen LogP contribution >= 0.6 is 0 Å². The average molecular weight is 344 g/mol. The molecule has 1 aliphatic rings. The van der Waals surface area contributed by atoms with Gasteiger partial charge in [-0.2, -0.15) is 0 Å². The van der Waals surface area contributed by atoms with Gasteiger partial charge in [0.1, 0.15) is 5.82 Å². The first-order valence-electron chi connectivity index (χ1n) is 7.91. The van der Waals surface area contributed by atoms with Crippen LogP contribution in [-0.4, -0.2) is 13.0 Å². The second kappa shape index (κ2) is 6.55. The van der Waals surface area contributed by atoms with E-state index in [2.05, 4.69) is 5.32 Å². The molecule has 25 heavy (non-hydrogen) atoms. The van der Waals surface area contributed by atoms with Crippen molar-refractivity contribution in [2.24, 2.45) is 5.73 Å². The van der Waals surface area contributed by atoms with Gasteiger partial charge in [0.15, 0.2) is 11.6 Å². The molecule has 6 heteroatoms. The predicted molar refractivity (Wildman–Crippen MR) is 92.7 cm³/mol. The van der Waals surface area contributed by atoms with Crippen LogP contribution in [0.25, 0.3) is 11.1 Å². The fourth-order valence-corrected chi connectivity index (χ4v) is 3.20. The number of hydrogen-bond donors (Lipinski definition) is 2. The van der Waals surface area contributed by atoms with E-state index in [-0.39, 0.29) is 17.2 Å². The quantitative estimate of drug-likeness (QED) is 0.875. The van der Waals surface area contributed by atoms with E-state index in [4.69, 9.17) is 10.5 Å². The monoisotopic (exact) mass is 344 g/mol. The van der Waals surface area contributed by atoms with E-state index in [9.17, 15) is 13.6 Å². The van der Waals surface area contributed by atoms with Crippen LogP contribution < -0.4 is 15.8 Å². The molecule has 0 aliphatic carbocycles. The third-order valence-electron chi connectivity index (χ3n) is 4.40. The molecule has 0 spiro atoms. The molecule has 0 saturated heterocycles. The normalized spacial score (nSPS) is 15.4. The van der Waals surface area contributed by atoms with Gasteiger partial charge < -0.3 is 15.8 Å². The molecule has 1 heterocycles. The van der Waals surface area contributed by atoms with Gasteiger partial charge >= 0.3 is 0 Å². The molecule has 3 N–H and O–H groups in total. The minimum Gasteiger partial charge on any atom is -0.494 e. The van der Waals surface area contributed by atoms with Gasteiger partial charge in [-0.15, -0.1) is 0 Å². The molecular formula is C19H18F2N2O2. The smallest absolute Gasteiger partial charge is 0.253 e. The number of fused-ring (bicyclic) bond motifs is 1. The number of carbonyl (C=O) groups excluding carboxylic acids is 1. The van der Waals surface area contributed by atoms with Crippen LogP contribution in [0.15, 0.2) is 36.5 Å². The number of anilines is 1. The van der Waals surface area contributed by atoms with Gasteiger partial charge in [-0.3, -0.25) is 4.79 Å². The zero-order chi connectivity index (χ0) is 18.1. The van der Waals surface area contributed by atoms with Gasteiger partial charge in [0.05, 0.1) is 18.4 Å². The molecule has 0 aromatic heterocycles. The minimum absolute atomic E-state index is 0.0462. The average Bonchev–Trinajstić information content (AvgIpc) is 2.59. The molecule has 0 bridgehead atoms. The molecule has 1 amide bonds. The number of methoxy groups -OCH3 is 1. The van der Waals surface area contributed by atoms with Crippen LogP contribution in [-0.2, 0) is 0 Å². The van der Waals surface area contributed by atoms with Crippen molar-refractivity contribution in [3.8, 4) is 16.9 Å². The van der Waals surface area contributed by atoms with E-state index >= 15 is 0 Å². The molecule has 1 aliphatic heterocycles. The maximum Gasteiger partial charge on any atom is 0.253 e. The minimum atomic E-state index is -0.848. The summed E-state index contributed by atoms with van der Waals surface area (Å²) in [5, 5.41) is 2.93. The number of hydrogen-bond acceptors (Lipinski definition) is 3. The van der Waals surface area contributed by atoms with Gasteiger partial charge in [-0.25, -0.2) is 8.78 Å². The molecule has 1 unspecified atom stereocenters. The molecule has 2 aromatic rings. The lowest BCUT2D eigenvalue weighted by molar-refractivity contribution is 0.0997. The van der Waals surface area contributed by atoms with Crippen molar-refractivity contribution >= 4 is 11.6 Å². The fraction of sp³-hybridized carbons (Fsp3) is 0.211. The summed E-state index contributed by atoms with van der Waals surface area (Å²) in [6.07, 6.45) is 4.33. The summed E-state index contributed by atoms with van der Waals surface area (Å²) in [4.78, 5) is 11.7. The van der Waals surface area contributed by atoms with Gasteiger partial charge in [0.2, 0.25) is 0 Å². The van der Waals surface area contributed by atoms with Crippen molar-refractivity contribution in [1.82, 2.24) is 0 Å². The molecule has 0 fully saturated rings. The first-order chi connectivity index (χ1) is 12.0.